The number of aliphatic hydroxyl groups excluding tert-OH is 1. The van der Waals surface area contributed by atoms with E-state index in [0.717, 1.165) is 16.0 Å². The molecular formula is C29H21ClN2O6S. The summed E-state index contributed by atoms with van der Waals surface area (Å²) in [6.45, 7) is 1.95. The number of esters is 1. The van der Waals surface area contributed by atoms with Gasteiger partial charge in [-0.2, -0.15) is 0 Å². The predicted octanol–water partition coefficient (Wildman–Crippen LogP) is 5.69. The second-order valence-corrected chi connectivity index (χ2v) is 10.8. The summed E-state index contributed by atoms with van der Waals surface area (Å²) in [5.74, 6) is -1.75. The molecule has 0 radical (unpaired) electrons. The topological polar surface area (TPSA) is 106 Å². The van der Waals surface area contributed by atoms with Crippen LogP contribution >= 0.6 is 22.9 Å². The molecule has 1 saturated heterocycles. The molecule has 2 atom stereocenters. The van der Waals surface area contributed by atoms with Gasteiger partial charge in [-0.3, -0.25) is 14.5 Å². The molecule has 8 nitrogen and oxygen atoms in total. The van der Waals surface area contributed by atoms with Crippen molar-refractivity contribution in [3.05, 3.63) is 93.5 Å². The monoisotopic (exact) mass is 560 g/mol. The summed E-state index contributed by atoms with van der Waals surface area (Å²) in [7, 11) is 1.28. The minimum atomic E-state index is -0.990. The Kier molecular flexibility index (Phi) is 6.12. The number of hydrogen-bond acceptors (Lipinski definition) is 8. The molecule has 1 fully saturated rings. The van der Waals surface area contributed by atoms with Crippen molar-refractivity contribution >= 4 is 61.7 Å². The zero-order valence-electron chi connectivity index (χ0n) is 20.8. The lowest BCUT2D eigenvalue weighted by molar-refractivity contribution is -0.132. The minimum absolute atomic E-state index is 0.00356. The van der Waals surface area contributed by atoms with E-state index in [9.17, 15) is 19.5 Å². The number of rotatable bonds is 4. The molecule has 2 aliphatic heterocycles. The van der Waals surface area contributed by atoms with E-state index in [4.69, 9.17) is 21.1 Å². The van der Waals surface area contributed by atoms with Gasteiger partial charge in [0.2, 0.25) is 0 Å². The van der Waals surface area contributed by atoms with Crippen molar-refractivity contribution in [3.63, 3.8) is 0 Å². The van der Waals surface area contributed by atoms with Crippen molar-refractivity contribution in [1.29, 1.82) is 0 Å². The van der Waals surface area contributed by atoms with Crippen molar-refractivity contribution in [3.8, 4) is 5.75 Å². The van der Waals surface area contributed by atoms with E-state index < -0.39 is 23.7 Å². The first-order valence-corrected chi connectivity index (χ1v) is 13.3. The molecule has 0 spiro atoms. The number of thiazole rings is 1. The molecule has 196 valence electrons. The zero-order valence-corrected chi connectivity index (χ0v) is 22.4. The van der Waals surface area contributed by atoms with Crippen molar-refractivity contribution in [2.45, 2.75) is 25.5 Å². The summed E-state index contributed by atoms with van der Waals surface area (Å²) >= 11 is 7.37. The van der Waals surface area contributed by atoms with Crippen LogP contribution in [0.3, 0.4) is 0 Å². The van der Waals surface area contributed by atoms with Gasteiger partial charge in [0.05, 0.1) is 34.5 Å². The standard InChI is InChI=1S/C29H21ClN2O6S/c1-14-11-18-12-17(7-10-21(18)38-14)25(33)23-24(15-3-5-16(6-4-15)28(36)37-2)32(27(35)26(23)34)29-31-20-9-8-19(30)13-22(20)39-29/h3-10,12-14,24,33H,11H2,1-2H3/b25-23+/t14-,24-/m0/s1. The van der Waals surface area contributed by atoms with E-state index in [2.05, 4.69) is 4.98 Å². The number of hydrogen-bond donors (Lipinski definition) is 1. The molecule has 6 rings (SSSR count). The summed E-state index contributed by atoms with van der Waals surface area (Å²) in [5.41, 5.74) is 2.67. The maximum absolute atomic E-state index is 13.5. The van der Waals surface area contributed by atoms with Crippen LogP contribution < -0.4 is 9.64 Å². The molecule has 1 amide bonds. The van der Waals surface area contributed by atoms with Crippen LogP contribution in [0.2, 0.25) is 5.02 Å². The van der Waals surface area contributed by atoms with Crippen LogP contribution in [0, 0.1) is 0 Å². The molecule has 4 aromatic rings. The molecule has 0 aliphatic carbocycles. The Balaban J connectivity index is 1.52. The van der Waals surface area contributed by atoms with Crippen LogP contribution in [-0.4, -0.2) is 41.0 Å². The molecule has 0 bridgehead atoms. The number of benzene rings is 3. The quantitative estimate of drug-likeness (QED) is 0.148. The number of ketones is 1. The van der Waals surface area contributed by atoms with E-state index in [0.29, 0.717) is 33.7 Å². The maximum Gasteiger partial charge on any atom is 0.337 e. The fourth-order valence-electron chi connectivity index (χ4n) is 4.98. The van der Waals surface area contributed by atoms with E-state index in [1.807, 2.05) is 6.92 Å². The molecule has 1 N–H and O–H groups in total. The SMILES string of the molecule is COC(=O)c1ccc([C@H]2/C(=C(\O)c3ccc4c(c3)C[C@H](C)O4)C(=O)C(=O)N2c2nc3ccc(Cl)cc3s2)cc1. The lowest BCUT2D eigenvalue weighted by atomic mass is 9.94. The summed E-state index contributed by atoms with van der Waals surface area (Å²) in [6, 6.07) is 15.7. The maximum atomic E-state index is 13.5. The van der Waals surface area contributed by atoms with E-state index in [1.54, 1.807) is 60.7 Å². The fraction of sp³-hybridized carbons (Fsp3) is 0.172. The van der Waals surface area contributed by atoms with E-state index in [-0.39, 0.29) is 22.6 Å². The van der Waals surface area contributed by atoms with Gasteiger partial charge in [0.25, 0.3) is 5.78 Å². The Morgan fingerprint density at radius 3 is 2.59 bits per heavy atom. The van der Waals surface area contributed by atoms with Crippen LogP contribution in [0.4, 0.5) is 5.13 Å². The van der Waals surface area contributed by atoms with Crippen molar-refractivity contribution in [1.82, 2.24) is 4.98 Å². The number of carbonyl (C=O) groups excluding carboxylic acids is 3. The number of ether oxygens (including phenoxy) is 2. The van der Waals surface area contributed by atoms with Gasteiger partial charge in [0.15, 0.2) is 5.13 Å². The molecular weight excluding hydrogens is 540 g/mol. The molecule has 3 heterocycles. The highest BCUT2D eigenvalue weighted by molar-refractivity contribution is 7.22. The largest absolute Gasteiger partial charge is 0.507 e. The van der Waals surface area contributed by atoms with Crippen LogP contribution in [0.25, 0.3) is 16.0 Å². The summed E-state index contributed by atoms with van der Waals surface area (Å²) in [4.78, 5) is 44.9. The third kappa shape index (κ3) is 4.24. The summed E-state index contributed by atoms with van der Waals surface area (Å²) in [6.07, 6.45) is 0.668. The molecule has 1 aromatic heterocycles. The Morgan fingerprint density at radius 2 is 1.85 bits per heavy atom. The van der Waals surface area contributed by atoms with Crippen LogP contribution in [0.5, 0.6) is 5.75 Å². The third-order valence-corrected chi connectivity index (χ3v) is 8.06. The van der Waals surface area contributed by atoms with Crippen molar-refractivity contribution < 1.29 is 29.0 Å². The number of halogens is 1. The van der Waals surface area contributed by atoms with Gasteiger partial charge in [-0.25, -0.2) is 9.78 Å². The first-order valence-electron chi connectivity index (χ1n) is 12.1. The Bertz CT molecular complexity index is 1710. The number of anilines is 1. The lowest BCUT2D eigenvalue weighted by Gasteiger charge is -2.23. The van der Waals surface area contributed by atoms with Crippen molar-refractivity contribution in [2.75, 3.05) is 12.0 Å². The number of aromatic nitrogens is 1. The number of Topliss-reactive ketones (excluding diaryl/α,β-unsaturated/α-hetero) is 1. The molecule has 39 heavy (non-hydrogen) atoms. The second-order valence-electron chi connectivity index (χ2n) is 9.35. The molecule has 3 aromatic carbocycles. The van der Waals surface area contributed by atoms with Gasteiger partial charge in [0, 0.05) is 17.0 Å². The molecule has 0 unspecified atom stereocenters. The van der Waals surface area contributed by atoms with E-state index >= 15 is 0 Å². The molecule has 0 saturated carbocycles. The highest BCUT2D eigenvalue weighted by atomic mass is 35.5. The van der Waals surface area contributed by atoms with Gasteiger partial charge < -0.3 is 14.6 Å². The minimum Gasteiger partial charge on any atom is -0.507 e. The highest BCUT2D eigenvalue weighted by Crippen LogP contribution is 2.45. The van der Waals surface area contributed by atoms with Gasteiger partial charge in [0.1, 0.15) is 17.6 Å². The van der Waals surface area contributed by atoms with Gasteiger partial charge in [-0.1, -0.05) is 35.1 Å². The number of nitrogens with zero attached hydrogens (tertiary/aromatic N) is 2. The van der Waals surface area contributed by atoms with Gasteiger partial charge in [-0.05, 0) is 66.6 Å². The predicted molar refractivity (Wildman–Crippen MR) is 147 cm³/mol. The van der Waals surface area contributed by atoms with Crippen LogP contribution in [-0.2, 0) is 20.7 Å². The first-order chi connectivity index (χ1) is 18.7. The number of amides is 1. The third-order valence-electron chi connectivity index (χ3n) is 6.81. The Morgan fingerprint density at radius 1 is 1.10 bits per heavy atom. The first kappa shape index (κ1) is 25.1. The second kappa shape index (κ2) is 9.52. The van der Waals surface area contributed by atoms with Crippen LogP contribution in [0.1, 0.15) is 40.0 Å². The molecule has 10 heteroatoms. The van der Waals surface area contributed by atoms with E-state index in [1.165, 1.54) is 23.3 Å². The van der Waals surface area contributed by atoms with Gasteiger partial charge in [-0.15, -0.1) is 0 Å². The fourth-order valence-corrected chi connectivity index (χ4v) is 6.25. The van der Waals surface area contributed by atoms with Gasteiger partial charge >= 0.3 is 11.9 Å². The normalized spacial score (nSPS) is 19.8. The summed E-state index contributed by atoms with van der Waals surface area (Å²) in [5, 5.41) is 12.3. The molecule has 2 aliphatic rings. The average Bonchev–Trinajstić information content (AvgIpc) is 3.59. The highest BCUT2D eigenvalue weighted by Gasteiger charge is 2.48. The average molecular weight is 561 g/mol. The Labute approximate surface area is 232 Å². The van der Waals surface area contributed by atoms with Crippen molar-refractivity contribution in [2.24, 2.45) is 0 Å². The number of fused-ring (bicyclic) bond motifs is 2. The van der Waals surface area contributed by atoms with Crippen LogP contribution in [0.15, 0.2) is 66.2 Å². The number of aliphatic hydroxyl groups is 1. The Hall–Kier alpha value is -4.21. The smallest absolute Gasteiger partial charge is 0.337 e. The zero-order chi connectivity index (χ0) is 27.4. The number of carbonyl (C=O) groups is 3. The number of methoxy groups -OCH3 is 1. The lowest BCUT2D eigenvalue weighted by Crippen LogP contribution is -2.29. The summed E-state index contributed by atoms with van der Waals surface area (Å²) < 4.78 is 11.3.